The van der Waals surface area contributed by atoms with Gasteiger partial charge in [-0.2, -0.15) is 17.9 Å². The van der Waals surface area contributed by atoms with Crippen molar-refractivity contribution in [1.82, 2.24) is 4.98 Å². The molecule has 6 nitrogen and oxygen atoms in total. The molecule has 4 heterocycles. The Morgan fingerprint density at radius 3 is 2.26 bits per heavy atom. The van der Waals surface area contributed by atoms with Crippen molar-refractivity contribution in [3.63, 3.8) is 0 Å². The van der Waals surface area contributed by atoms with E-state index in [9.17, 15) is 18.4 Å². The second kappa shape index (κ2) is 10.3. The molecule has 3 aliphatic rings. The van der Waals surface area contributed by atoms with Gasteiger partial charge >= 0.3 is 6.18 Å². The molecule has 2 aromatic heterocycles. The third kappa shape index (κ3) is 5.30. The number of alkyl halides is 3. The normalized spacial score (nSPS) is 23.7. The Hall–Kier alpha value is -2.01. The van der Waals surface area contributed by atoms with Gasteiger partial charge in [0.15, 0.2) is 14.0 Å². The molecule has 0 bridgehead atoms. The van der Waals surface area contributed by atoms with Crippen LogP contribution in [-0.4, -0.2) is 26.5 Å². The fourth-order valence-electron chi connectivity index (χ4n) is 6.71. The summed E-state index contributed by atoms with van der Waals surface area (Å²) in [4.78, 5) is 4.27. The first-order valence-corrected chi connectivity index (χ1v) is 18.0. The molecule has 0 amide bonds. The van der Waals surface area contributed by atoms with E-state index in [-0.39, 0.29) is 22.5 Å². The monoisotopic (exact) mass is 606 g/mol. The Balaban J connectivity index is 1.80. The molecule has 2 aliphatic heterocycles. The molecule has 1 spiro atoms. The maximum Gasteiger partial charge on any atom is 0.417 e. The highest BCUT2D eigenvalue weighted by molar-refractivity contribution is 6.74. The van der Waals surface area contributed by atoms with Crippen LogP contribution in [-0.2, 0) is 32.1 Å². The lowest BCUT2D eigenvalue weighted by molar-refractivity contribution is -0.626. The van der Waals surface area contributed by atoms with Crippen LogP contribution in [0.1, 0.15) is 125 Å². The van der Waals surface area contributed by atoms with Gasteiger partial charge in [-0.05, 0) is 42.1 Å². The molecule has 0 aromatic carbocycles. The predicted molar refractivity (Wildman–Crippen MR) is 157 cm³/mol. The first-order valence-electron chi connectivity index (χ1n) is 15.1. The lowest BCUT2D eigenvalue weighted by Crippen LogP contribution is -2.49. The van der Waals surface area contributed by atoms with Gasteiger partial charge in [0.2, 0.25) is 5.69 Å². The Morgan fingerprint density at radius 1 is 1.10 bits per heavy atom. The van der Waals surface area contributed by atoms with Crippen LogP contribution >= 0.6 is 0 Å². The van der Waals surface area contributed by atoms with Crippen molar-refractivity contribution >= 4 is 8.32 Å². The van der Waals surface area contributed by atoms with Gasteiger partial charge in [0.05, 0.1) is 28.5 Å². The fourth-order valence-corrected chi connectivity index (χ4v) is 7.97. The highest BCUT2D eigenvalue weighted by atomic mass is 28.4. The van der Waals surface area contributed by atoms with Gasteiger partial charge in [-0.3, -0.25) is 4.98 Å². The van der Waals surface area contributed by atoms with E-state index in [4.69, 9.17) is 13.9 Å². The zero-order valence-electron chi connectivity index (χ0n) is 26.4. The van der Waals surface area contributed by atoms with Crippen molar-refractivity contribution in [2.75, 3.05) is 13.2 Å². The minimum absolute atomic E-state index is 0.0389. The SMILES string of the molecule is CC(C)c1c2c(c3c([n+]1[O-])CC(C)(C)C[C@@H]3O[Si](C)(C)C(C)(C)C)C1(CCOCC1)O[C@@H]2c1ccc(C(F)(F)F)cn1. The molecular weight excluding hydrogens is 561 g/mol. The average molecular weight is 607 g/mol. The van der Waals surface area contributed by atoms with Crippen molar-refractivity contribution in [2.24, 2.45) is 5.41 Å². The lowest BCUT2D eigenvalue weighted by atomic mass is 9.69. The minimum Gasteiger partial charge on any atom is -0.618 e. The molecule has 0 radical (unpaired) electrons. The Labute approximate surface area is 248 Å². The van der Waals surface area contributed by atoms with Crippen molar-refractivity contribution in [1.29, 1.82) is 0 Å². The zero-order valence-corrected chi connectivity index (χ0v) is 27.4. The van der Waals surface area contributed by atoms with Crippen LogP contribution in [0.5, 0.6) is 0 Å². The third-order valence-corrected chi connectivity index (χ3v) is 14.3. The maximum absolute atomic E-state index is 14.5. The van der Waals surface area contributed by atoms with Gasteiger partial charge in [-0.25, -0.2) is 0 Å². The molecule has 5 rings (SSSR count). The van der Waals surface area contributed by atoms with Gasteiger partial charge in [0.25, 0.3) is 0 Å². The molecule has 1 fully saturated rings. The quantitative estimate of drug-likeness (QED) is 0.200. The van der Waals surface area contributed by atoms with Crippen molar-refractivity contribution in [2.45, 2.75) is 122 Å². The summed E-state index contributed by atoms with van der Waals surface area (Å²) in [5, 5.41) is 14.4. The zero-order chi connectivity index (χ0) is 31.0. The highest BCUT2D eigenvalue weighted by Gasteiger charge is 2.56. The van der Waals surface area contributed by atoms with Gasteiger partial charge in [-0.15, -0.1) is 0 Å². The number of fused-ring (bicyclic) bond motifs is 4. The number of pyridine rings is 2. The van der Waals surface area contributed by atoms with Crippen LogP contribution in [0.25, 0.3) is 0 Å². The maximum atomic E-state index is 14.5. The Bertz CT molecular complexity index is 1340. The molecule has 1 aliphatic carbocycles. The Kier molecular flexibility index (Phi) is 7.69. The molecule has 2 aromatic rings. The van der Waals surface area contributed by atoms with E-state index >= 15 is 0 Å². The molecule has 0 saturated carbocycles. The van der Waals surface area contributed by atoms with E-state index in [0.717, 1.165) is 45.8 Å². The summed E-state index contributed by atoms with van der Waals surface area (Å²) in [6.07, 6.45) is -2.18. The van der Waals surface area contributed by atoms with Crippen molar-refractivity contribution in [3.05, 3.63) is 62.9 Å². The van der Waals surface area contributed by atoms with E-state index in [1.165, 1.54) is 6.07 Å². The summed E-state index contributed by atoms with van der Waals surface area (Å²) in [7, 11) is -2.27. The van der Waals surface area contributed by atoms with Crippen molar-refractivity contribution < 1.29 is 31.8 Å². The first-order chi connectivity index (χ1) is 19.3. The van der Waals surface area contributed by atoms with Crippen LogP contribution in [0.2, 0.25) is 18.1 Å². The van der Waals surface area contributed by atoms with Crippen LogP contribution in [0, 0.1) is 10.6 Å². The summed E-state index contributed by atoms with van der Waals surface area (Å²) >= 11 is 0. The number of aromatic nitrogens is 2. The third-order valence-electron chi connectivity index (χ3n) is 9.83. The highest BCUT2D eigenvalue weighted by Crippen LogP contribution is 2.58. The standard InChI is InChI=1S/C32H45F3N2O4Si/c1-19(2)27-25-26(24-22(37(27)38)16-30(6,7)17-23(24)41-42(8,9)29(3,4)5)31(12-14-39-15-13-31)40-28(25)21-11-10-20(18-36-21)32(33,34)35/h10-11,18-19,23,28H,12-17H2,1-9H3/t23-,28+/m0/s1. The summed E-state index contributed by atoms with van der Waals surface area (Å²) in [5.41, 5.74) is 2.63. The van der Waals surface area contributed by atoms with E-state index in [2.05, 4.69) is 52.7 Å². The smallest absolute Gasteiger partial charge is 0.417 e. The summed E-state index contributed by atoms with van der Waals surface area (Å²) in [6, 6.07) is 2.44. The average Bonchev–Trinajstić information content (AvgIpc) is 3.16. The molecule has 42 heavy (non-hydrogen) atoms. The lowest BCUT2D eigenvalue weighted by Gasteiger charge is -2.45. The number of hydrogen-bond donors (Lipinski definition) is 0. The van der Waals surface area contributed by atoms with E-state index in [1.807, 2.05) is 13.8 Å². The number of rotatable bonds is 4. The summed E-state index contributed by atoms with van der Waals surface area (Å²) in [6.45, 7) is 20.4. The Morgan fingerprint density at radius 2 is 1.74 bits per heavy atom. The van der Waals surface area contributed by atoms with Gasteiger partial charge in [-0.1, -0.05) is 48.5 Å². The van der Waals surface area contributed by atoms with E-state index in [0.29, 0.717) is 43.9 Å². The van der Waals surface area contributed by atoms with Gasteiger partial charge < -0.3 is 19.1 Å². The molecule has 232 valence electrons. The molecule has 10 heteroatoms. The summed E-state index contributed by atoms with van der Waals surface area (Å²) in [5.74, 6) is -0.151. The molecular formula is C32H45F3N2O4Si. The fraction of sp³-hybridized carbons (Fsp3) is 0.688. The first kappa shape index (κ1) is 31.4. The predicted octanol–water partition coefficient (Wildman–Crippen LogP) is 8.02. The minimum atomic E-state index is -4.50. The van der Waals surface area contributed by atoms with Gasteiger partial charge in [0, 0.05) is 50.2 Å². The second-order valence-electron chi connectivity index (χ2n) is 15.0. The number of ether oxygens (including phenoxy) is 2. The van der Waals surface area contributed by atoms with Crippen molar-refractivity contribution in [3.8, 4) is 0 Å². The second-order valence-corrected chi connectivity index (χ2v) is 19.7. The molecule has 1 saturated heterocycles. The molecule has 0 unspecified atom stereocenters. The van der Waals surface area contributed by atoms with E-state index < -0.39 is 31.8 Å². The largest absolute Gasteiger partial charge is 0.618 e. The van der Waals surface area contributed by atoms with Crippen LogP contribution in [0.3, 0.4) is 0 Å². The van der Waals surface area contributed by atoms with E-state index in [1.54, 1.807) is 0 Å². The van der Waals surface area contributed by atoms with Gasteiger partial charge in [0.1, 0.15) is 11.7 Å². The number of hydrogen-bond acceptors (Lipinski definition) is 5. The van der Waals surface area contributed by atoms with Crippen LogP contribution < -0.4 is 4.73 Å². The number of nitrogens with zero attached hydrogens (tertiary/aromatic N) is 2. The summed E-state index contributed by atoms with van der Waals surface area (Å²) < 4.78 is 61.3. The molecule has 2 atom stereocenters. The number of halogens is 3. The van der Waals surface area contributed by atoms with Crippen LogP contribution in [0.15, 0.2) is 18.3 Å². The topological polar surface area (TPSA) is 67.5 Å². The van der Waals surface area contributed by atoms with Crippen LogP contribution in [0.4, 0.5) is 13.2 Å². The molecule has 0 N–H and O–H groups in total.